The first-order valence-corrected chi connectivity index (χ1v) is 8.69. The molecule has 1 aromatic carbocycles. The minimum atomic E-state index is -0.289. The van der Waals surface area contributed by atoms with Crippen LogP contribution in [0.3, 0.4) is 0 Å². The van der Waals surface area contributed by atoms with Crippen LogP contribution in [-0.4, -0.2) is 34.0 Å². The van der Waals surface area contributed by atoms with Crippen LogP contribution in [0.4, 0.5) is 15.6 Å². The number of benzene rings is 1. The molecule has 0 aliphatic carbocycles. The number of H-pyrrole nitrogens is 1. The van der Waals surface area contributed by atoms with Crippen LogP contribution < -0.4 is 10.6 Å². The summed E-state index contributed by atoms with van der Waals surface area (Å²) in [6.45, 7) is 5.04. The van der Waals surface area contributed by atoms with Gasteiger partial charge in [0.05, 0.1) is 5.69 Å². The van der Waals surface area contributed by atoms with Crippen LogP contribution in [0.1, 0.15) is 19.5 Å². The van der Waals surface area contributed by atoms with E-state index in [1.165, 1.54) is 11.3 Å². The van der Waals surface area contributed by atoms with Gasteiger partial charge in [0.1, 0.15) is 0 Å². The first-order chi connectivity index (χ1) is 11.5. The SMILES string of the molecule is CC(C)N(C)Cc1csc(NC(=O)Nc2ccc3[nH]ccc3c2)n1. The lowest BCUT2D eigenvalue weighted by molar-refractivity contribution is 0.261. The van der Waals surface area contributed by atoms with Crippen LogP contribution in [0.25, 0.3) is 10.9 Å². The molecule has 3 aromatic rings. The Kier molecular flexibility index (Phi) is 4.82. The molecule has 0 spiro atoms. The minimum absolute atomic E-state index is 0.289. The molecule has 126 valence electrons. The molecule has 3 N–H and O–H groups in total. The lowest BCUT2D eigenvalue weighted by atomic mass is 10.2. The molecule has 0 unspecified atom stereocenters. The third-order valence-corrected chi connectivity index (χ3v) is 4.68. The Morgan fingerprint density at radius 3 is 2.96 bits per heavy atom. The summed E-state index contributed by atoms with van der Waals surface area (Å²) in [5.74, 6) is 0. The Bertz CT molecular complexity index is 838. The van der Waals surface area contributed by atoms with Crippen LogP contribution in [0.2, 0.25) is 0 Å². The largest absolute Gasteiger partial charge is 0.361 e. The van der Waals surface area contributed by atoms with Crippen molar-refractivity contribution in [3.05, 3.63) is 41.5 Å². The van der Waals surface area contributed by atoms with Crippen LogP contribution in [0, 0.1) is 0 Å². The molecule has 0 aliphatic heterocycles. The lowest BCUT2D eigenvalue weighted by Crippen LogP contribution is -2.25. The highest BCUT2D eigenvalue weighted by molar-refractivity contribution is 7.13. The van der Waals surface area contributed by atoms with Crippen molar-refractivity contribution in [3.8, 4) is 0 Å². The van der Waals surface area contributed by atoms with Crippen molar-refractivity contribution >= 4 is 39.1 Å². The number of hydrogen-bond acceptors (Lipinski definition) is 4. The molecule has 2 heterocycles. The van der Waals surface area contributed by atoms with Crippen LogP contribution in [-0.2, 0) is 6.54 Å². The number of aromatic amines is 1. The summed E-state index contributed by atoms with van der Waals surface area (Å²) >= 11 is 1.43. The van der Waals surface area contributed by atoms with Crippen molar-refractivity contribution in [3.63, 3.8) is 0 Å². The molecule has 0 fully saturated rings. The van der Waals surface area contributed by atoms with Crippen molar-refractivity contribution in [1.82, 2.24) is 14.9 Å². The number of rotatable bonds is 5. The maximum absolute atomic E-state index is 12.1. The Morgan fingerprint density at radius 1 is 1.33 bits per heavy atom. The first kappa shape index (κ1) is 16.5. The fourth-order valence-electron chi connectivity index (χ4n) is 2.27. The number of nitrogens with one attached hydrogen (secondary N) is 3. The molecule has 2 amide bonds. The zero-order valence-corrected chi connectivity index (χ0v) is 14.8. The predicted octanol–water partition coefficient (Wildman–Crippen LogP) is 4.11. The average molecular weight is 343 g/mol. The van der Waals surface area contributed by atoms with Crippen molar-refractivity contribution in [1.29, 1.82) is 0 Å². The normalized spacial score (nSPS) is 11.4. The molecule has 0 atom stereocenters. The van der Waals surface area contributed by atoms with E-state index in [9.17, 15) is 4.79 Å². The Morgan fingerprint density at radius 2 is 2.17 bits per heavy atom. The lowest BCUT2D eigenvalue weighted by Gasteiger charge is -2.19. The van der Waals surface area contributed by atoms with Gasteiger partial charge in [-0.15, -0.1) is 11.3 Å². The van der Waals surface area contributed by atoms with Gasteiger partial charge >= 0.3 is 6.03 Å². The van der Waals surface area contributed by atoms with Crippen molar-refractivity contribution in [2.24, 2.45) is 0 Å². The summed E-state index contributed by atoms with van der Waals surface area (Å²) < 4.78 is 0. The van der Waals surface area contributed by atoms with E-state index in [1.807, 2.05) is 35.8 Å². The number of carbonyl (C=O) groups excluding carboxylic acids is 1. The van der Waals surface area contributed by atoms with Crippen LogP contribution in [0.15, 0.2) is 35.8 Å². The predicted molar refractivity (Wildman–Crippen MR) is 99.7 cm³/mol. The number of aromatic nitrogens is 2. The highest BCUT2D eigenvalue weighted by Gasteiger charge is 2.10. The summed E-state index contributed by atoms with van der Waals surface area (Å²) in [5, 5.41) is 9.25. The van der Waals surface area contributed by atoms with E-state index in [1.54, 1.807) is 0 Å². The van der Waals surface area contributed by atoms with Crippen LogP contribution in [0.5, 0.6) is 0 Å². The van der Waals surface area contributed by atoms with Gasteiger partial charge in [-0.2, -0.15) is 0 Å². The minimum Gasteiger partial charge on any atom is -0.361 e. The van der Waals surface area contributed by atoms with E-state index in [-0.39, 0.29) is 6.03 Å². The molecule has 6 nitrogen and oxygen atoms in total. The molecular formula is C17H21N5OS. The van der Waals surface area contributed by atoms with E-state index in [0.29, 0.717) is 11.2 Å². The maximum Gasteiger partial charge on any atom is 0.325 e. The number of amides is 2. The number of urea groups is 1. The fraction of sp³-hybridized carbons (Fsp3) is 0.294. The maximum atomic E-state index is 12.1. The van der Waals surface area contributed by atoms with Crippen molar-refractivity contribution < 1.29 is 4.79 Å². The van der Waals surface area contributed by atoms with E-state index < -0.39 is 0 Å². The zero-order valence-electron chi connectivity index (χ0n) is 14.0. The Hall–Kier alpha value is -2.38. The number of thiazole rings is 1. The first-order valence-electron chi connectivity index (χ1n) is 7.81. The molecule has 3 rings (SSSR count). The molecule has 0 saturated carbocycles. The van der Waals surface area contributed by atoms with Gasteiger partial charge in [0.2, 0.25) is 0 Å². The molecule has 7 heteroatoms. The second-order valence-corrected chi connectivity index (χ2v) is 6.87. The number of nitrogens with zero attached hydrogens (tertiary/aromatic N) is 2. The monoisotopic (exact) mass is 343 g/mol. The molecular weight excluding hydrogens is 322 g/mol. The van der Waals surface area contributed by atoms with E-state index in [0.717, 1.165) is 28.8 Å². The third-order valence-electron chi connectivity index (χ3n) is 3.88. The van der Waals surface area contributed by atoms with Gasteiger partial charge in [0, 0.05) is 40.8 Å². The van der Waals surface area contributed by atoms with E-state index >= 15 is 0 Å². The summed E-state index contributed by atoms with van der Waals surface area (Å²) in [5.41, 5.74) is 2.75. The summed E-state index contributed by atoms with van der Waals surface area (Å²) in [4.78, 5) is 21.9. The van der Waals surface area contributed by atoms with Gasteiger partial charge in [-0.1, -0.05) is 0 Å². The molecule has 0 saturated heterocycles. The molecule has 0 aliphatic rings. The number of fused-ring (bicyclic) bond motifs is 1. The topological polar surface area (TPSA) is 73.1 Å². The number of anilines is 2. The number of hydrogen-bond donors (Lipinski definition) is 3. The zero-order chi connectivity index (χ0) is 17.1. The Labute approximate surface area is 144 Å². The summed E-state index contributed by atoms with van der Waals surface area (Å²) in [6.07, 6.45) is 1.87. The van der Waals surface area contributed by atoms with Crippen LogP contribution >= 0.6 is 11.3 Å². The average Bonchev–Trinajstić information content (AvgIpc) is 3.15. The van der Waals surface area contributed by atoms with Crippen molar-refractivity contribution in [2.45, 2.75) is 26.4 Å². The van der Waals surface area contributed by atoms with Gasteiger partial charge < -0.3 is 10.3 Å². The van der Waals surface area contributed by atoms with Gasteiger partial charge in [0.25, 0.3) is 0 Å². The third kappa shape index (κ3) is 3.93. The second-order valence-electron chi connectivity index (χ2n) is 6.01. The fourth-order valence-corrected chi connectivity index (χ4v) is 2.96. The van der Waals surface area contributed by atoms with E-state index in [4.69, 9.17) is 0 Å². The number of carbonyl (C=O) groups is 1. The smallest absolute Gasteiger partial charge is 0.325 e. The molecule has 2 aromatic heterocycles. The highest BCUT2D eigenvalue weighted by atomic mass is 32.1. The quantitative estimate of drug-likeness (QED) is 0.653. The van der Waals surface area contributed by atoms with Gasteiger partial charge in [-0.25, -0.2) is 9.78 Å². The standard InChI is InChI=1S/C17H21N5OS/c1-11(2)22(3)9-14-10-24-17(20-14)21-16(23)19-13-4-5-15-12(8-13)6-7-18-15/h4-8,10-11,18H,9H2,1-3H3,(H2,19,20,21,23). The molecule has 0 bridgehead atoms. The van der Waals surface area contributed by atoms with Crippen molar-refractivity contribution in [2.75, 3.05) is 17.7 Å². The van der Waals surface area contributed by atoms with E-state index in [2.05, 4.69) is 46.4 Å². The highest BCUT2D eigenvalue weighted by Crippen LogP contribution is 2.20. The van der Waals surface area contributed by atoms with Gasteiger partial charge in [-0.3, -0.25) is 10.2 Å². The summed E-state index contributed by atoms with van der Waals surface area (Å²) in [7, 11) is 2.06. The van der Waals surface area contributed by atoms with Gasteiger partial charge in [-0.05, 0) is 45.2 Å². The summed E-state index contributed by atoms with van der Waals surface area (Å²) in [6, 6.07) is 7.86. The molecule has 24 heavy (non-hydrogen) atoms. The molecule has 0 radical (unpaired) electrons. The Balaban J connectivity index is 1.59. The second kappa shape index (κ2) is 7.02. The van der Waals surface area contributed by atoms with Gasteiger partial charge in [0.15, 0.2) is 5.13 Å².